The van der Waals surface area contributed by atoms with Gasteiger partial charge in [0, 0.05) is 6.42 Å². The second-order valence-electron chi connectivity index (χ2n) is 3.40. The van der Waals surface area contributed by atoms with Gasteiger partial charge in [-0.15, -0.1) is 0 Å². The molecule has 0 rings (SSSR count). The van der Waals surface area contributed by atoms with Crippen molar-refractivity contribution >= 4 is 0 Å². The van der Waals surface area contributed by atoms with E-state index in [0.29, 0.717) is 6.42 Å². The van der Waals surface area contributed by atoms with E-state index in [1.165, 1.54) is 12.8 Å². The standard InChI is InChI=1S/C14H21N/c1-2-3-4-5-6-7-8-9-10-11-12-13-14-15/h4-5,7-10H,2-3,6,11-13H2,1H3/b5-4+,8-7+,10-9+. The predicted octanol–water partition coefficient (Wildman–Crippen LogP) is 4.54. The van der Waals surface area contributed by atoms with Crippen LogP contribution < -0.4 is 0 Å². The van der Waals surface area contributed by atoms with Gasteiger partial charge in [0.2, 0.25) is 0 Å². The molecule has 0 saturated heterocycles. The second-order valence-corrected chi connectivity index (χ2v) is 3.40. The van der Waals surface area contributed by atoms with Crippen LogP contribution in [0.3, 0.4) is 0 Å². The molecule has 0 bridgehead atoms. The van der Waals surface area contributed by atoms with E-state index in [1.807, 2.05) is 0 Å². The molecule has 0 heterocycles. The van der Waals surface area contributed by atoms with E-state index in [1.54, 1.807) is 0 Å². The minimum Gasteiger partial charge on any atom is -0.198 e. The van der Waals surface area contributed by atoms with Gasteiger partial charge in [-0.2, -0.15) is 5.26 Å². The first-order chi connectivity index (χ1) is 7.41. The molecule has 82 valence electrons. The van der Waals surface area contributed by atoms with Crippen molar-refractivity contribution in [2.24, 2.45) is 0 Å². The molecule has 0 radical (unpaired) electrons. The molecule has 0 aliphatic heterocycles. The lowest BCUT2D eigenvalue weighted by atomic mass is 10.2. The predicted molar refractivity (Wildman–Crippen MR) is 66.4 cm³/mol. The summed E-state index contributed by atoms with van der Waals surface area (Å²) >= 11 is 0. The summed E-state index contributed by atoms with van der Waals surface area (Å²) in [7, 11) is 0. The Hall–Kier alpha value is -1.29. The first-order valence-electron chi connectivity index (χ1n) is 5.75. The van der Waals surface area contributed by atoms with Crippen molar-refractivity contribution in [2.45, 2.75) is 45.4 Å². The average Bonchev–Trinajstić information content (AvgIpc) is 2.26. The summed E-state index contributed by atoms with van der Waals surface area (Å²) in [6.45, 7) is 2.18. The lowest BCUT2D eigenvalue weighted by Crippen LogP contribution is -1.67. The molecule has 0 fully saturated rings. The van der Waals surface area contributed by atoms with E-state index >= 15 is 0 Å². The van der Waals surface area contributed by atoms with Crippen molar-refractivity contribution in [2.75, 3.05) is 0 Å². The number of hydrogen-bond acceptors (Lipinski definition) is 1. The summed E-state index contributed by atoms with van der Waals surface area (Å²) in [4.78, 5) is 0. The Labute approximate surface area is 93.8 Å². The number of nitrogens with zero attached hydrogens (tertiary/aromatic N) is 1. The van der Waals surface area contributed by atoms with Crippen LogP contribution in [0.15, 0.2) is 36.5 Å². The highest BCUT2D eigenvalue weighted by Crippen LogP contribution is 1.96. The van der Waals surface area contributed by atoms with Gasteiger partial charge in [-0.3, -0.25) is 0 Å². The van der Waals surface area contributed by atoms with Crippen molar-refractivity contribution in [3.63, 3.8) is 0 Å². The van der Waals surface area contributed by atoms with Crippen LogP contribution in [0.5, 0.6) is 0 Å². The minimum absolute atomic E-state index is 0.661. The van der Waals surface area contributed by atoms with Crippen molar-refractivity contribution in [1.29, 1.82) is 5.26 Å². The molecule has 0 aromatic rings. The van der Waals surface area contributed by atoms with Gasteiger partial charge in [0.05, 0.1) is 6.07 Å². The van der Waals surface area contributed by atoms with E-state index in [0.717, 1.165) is 19.3 Å². The first kappa shape index (κ1) is 13.7. The van der Waals surface area contributed by atoms with Crippen molar-refractivity contribution in [1.82, 2.24) is 0 Å². The van der Waals surface area contributed by atoms with Gasteiger partial charge in [-0.05, 0) is 25.7 Å². The van der Waals surface area contributed by atoms with Crippen LogP contribution in [-0.2, 0) is 0 Å². The summed E-state index contributed by atoms with van der Waals surface area (Å²) in [6, 6.07) is 2.14. The van der Waals surface area contributed by atoms with E-state index in [2.05, 4.69) is 49.4 Å². The maximum absolute atomic E-state index is 8.31. The molecular weight excluding hydrogens is 182 g/mol. The van der Waals surface area contributed by atoms with Crippen LogP contribution >= 0.6 is 0 Å². The molecule has 0 unspecified atom stereocenters. The summed E-state index contributed by atoms with van der Waals surface area (Å²) in [5.41, 5.74) is 0. The molecular formula is C14H21N. The fraction of sp³-hybridized carbons (Fsp3) is 0.500. The zero-order valence-corrected chi connectivity index (χ0v) is 9.65. The van der Waals surface area contributed by atoms with E-state index in [9.17, 15) is 0 Å². The summed E-state index contributed by atoms with van der Waals surface area (Å²) in [5, 5.41) is 8.31. The molecule has 0 aromatic heterocycles. The molecule has 0 atom stereocenters. The Kier molecular flexibility index (Phi) is 11.6. The van der Waals surface area contributed by atoms with Crippen LogP contribution in [0.4, 0.5) is 0 Å². The van der Waals surface area contributed by atoms with Gasteiger partial charge in [-0.1, -0.05) is 49.8 Å². The molecule has 0 aromatic carbocycles. The Bertz CT molecular complexity index is 241. The monoisotopic (exact) mass is 203 g/mol. The molecule has 0 aliphatic carbocycles. The highest BCUT2D eigenvalue weighted by atomic mass is 14.2. The van der Waals surface area contributed by atoms with Crippen molar-refractivity contribution in [3.05, 3.63) is 36.5 Å². The fourth-order valence-electron chi connectivity index (χ4n) is 1.09. The maximum Gasteiger partial charge on any atom is 0.0621 e. The molecule has 0 aliphatic rings. The average molecular weight is 203 g/mol. The number of nitriles is 1. The first-order valence-corrected chi connectivity index (χ1v) is 5.75. The smallest absolute Gasteiger partial charge is 0.0621 e. The maximum atomic E-state index is 8.31. The van der Waals surface area contributed by atoms with Gasteiger partial charge < -0.3 is 0 Å². The molecule has 1 nitrogen and oxygen atoms in total. The summed E-state index contributed by atoms with van der Waals surface area (Å²) in [5.74, 6) is 0. The Balaban J connectivity index is 3.34. The molecule has 0 amide bonds. The molecule has 1 heteroatoms. The largest absolute Gasteiger partial charge is 0.198 e. The molecule has 15 heavy (non-hydrogen) atoms. The van der Waals surface area contributed by atoms with Crippen LogP contribution in [0, 0.1) is 11.3 Å². The Morgan fingerprint density at radius 1 is 1.00 bits per heavy atom. The highest BCUT2D eigenvalue weighted by Gasteiger charge is 1.79. The van der Waals surface area contributed by atoms with Crippen LogP contribution in [0.1, 0.15) is 45.4 Å². The summed E-state index contributed by atoms with van der Waals surface area (Å²) < 4.78 is 0. The van der Waals surface area contributed by atoms with Gasteiger partial charge in [0.25, 0.3) is 0 Å². The van der Waals surface area contributed by atoms with Gasteiger partial charge in [-0.25, -0.2) is 0 Å². The number of allylic oxidation sites excluding steroid dienone is 6. The minimum atomic E-state index is 0.661. The van der Waals surface area contributed by atoms with Crippen molar-refractivity contribution < 1.29 is 0 Å². The topological polar surface area (TPSA) is 23.8 Å². The number of hydrogen-bond donors (Lipinski definition) is 0. The Morgan fingerprint density at radius 2 is 1.80 bits per heavy atom. The van der Waals surface area contributed by atoms with Crippen LogP contribution in [-0.4, -0.2) is 0 Å². The highest BCUT2D eigenvalue weighted by molar-refractivity contribution is 5.04. The third kappa shape index (κ3) is 12.7. The zero-order chi connectivity index (χ0) is 11.2. The van der Waals surface area contributed by atoms with Gasteiger partial charge in [0.15, 0.2) is 0 Å². The van der Waals surface area contributed by atoms with E-state index in [-0.39, 0.29) is 0 Å². The van der Waals surface area contributed by atoms with Crippen LogP contribution in [0.2, 0.25) is 0 Å². The lowest BCUT2D eigenvalue weighted by molar-refractivity contribution is 0.876. The van der Waals surface area contributed by atoms with Gasteiger partial charge >= 0.3 is 0 Å². The Morgan fingerprint density at radius 3 is 2.53 bits per heavy atom. The number of unbranched alkanes of at least 4 members (excludes halogenated alkanes) is 3. The van der Waals surface area contributed by atoms with Gasteiger partial charge in [0.1, 0.15) is 0 Å². The molecule has 0 spiro atoms. The third-order valence-corrected chi connectivity index (χ3v) is 1.94. The SMILES string of the molecule is CCC/C=C/C/C=C/C=C/CCCC#N. The second kappa shape index (κ2) is 12.7. The quantitative estimate of drug-likeness (QED) is 0.323. The third-order valence-electron chi connectivity index (χ3n) is 1.94. The van der Waals surface area contributed by atoms with Crippen LogP contribution in [0.25, 0.3) is 0 Å². The molecule has 0 N–H and O–H groups in total. The molecule has 0 saturated carbocycles. The normalized spacial score (nSPS) is 11.7. The fourth-order valence-corrected chi connectivity index (χ4v) is 1.09. The number of rotatable bonds is 8. The summed E-state index contributed by atoms with van der Waals surface area (Å²) in [6.07, 6.45) is 18.9. The van der Waals surface area contributed by atoms with Crippen molar-refractivity contribution in [3.8, 4) is 6.07 Å². The van der Waals surface area contributed by atoms with E-state index < -0.39 is 0 Å². The lowest BCUT2D eigenvalue weighted by Gasteiger charge is -1.85. The van der Waals surface area contributed by atoms with E-state index in [4.69, 9.17) is 5.26 Å². The zero-order valence-electron chi connectivity index (χ0n) is 9.65.